The number of rotatable bonds is 5. The zero-order valence-electron chi connectivity index (χ0n) is 16.5. The van der Waals surface area contributed by atoms with Crippen LogP contribution in [0.2, 0.25) is 0 Å². The minimum atomic E-state index is -1.37. The maximum atomic E-state index is 11.7. The SMILES string of the molecule is CC(=O)[C@H]1O[C@@H](n2cnc3c(N)nc(N/N=C\c4c(C)coc4C)nc32)[C@H](O)[C@@H]1O. The van der Waals surface area contributed by atoms with Crippen molar-refractivity contribution < 1.29 is 24.2 Å². The molecule has 5 N–H and O–H groups in total. The Balaban J connectivity index is 1.64. The minimum absolute atomic E-state index is 0.0864. The molecule has 4 rings (SSSR count). The van der Waals surface area contributed by atoms with Crippen molar-refractivity contribution in [3.63, 3.8) is 0 Å². The molecule has 1 aliphatic heterocycles. The van der Waals surface area contributed by atoms with Gasteiger partial charge in [0.15, 0.2) is 23.5 Å². The van der Waals surface area contributed by atoms with E-state index >= 15 is 0 Å². The molecule has 30 heavy (non-hydrogen) atoms. The van der Waals surface area contributed by atoms with E-state index in [9.17, 15) is 15.0 Å². The van der Waals surface area contributed by atoms with Gasteiger partial charge in [-0.25, -0.2) is 10.4 Å². The molecule has 0 bridgehead atoms. The monoisotopic (exact) mass is 415 g/mol. The molecule has 3 aromatic heterocycles. The zero-order chi connectivity index (χ0) is 21.6. The van der Waals surface area contributed by atoms with Gasteiger partial charge in [-0.2, -0.15) is 15.1 Å². The summed E-state index contributed by atoms with van der Waals surface area (Å²) in [4.78, 5) is 24.3. The predicted molar refractivity (Wildman–Crippen MR) is 106 cm³/mol. The molecule has 0 aromatic carbocycles. The lowest BCUT2D eigenvalue weighted by molar-refractivity contribution is -0.133. The zero-order valence-corrected chi connectivity index (χ0v) is 16.5. The van der Waals surface area contributed by atoms with E-state index in [0.29, 0.717) is 0 Å². The number of nitrogens with zero attached hydrogens (tertiary/aromatic N) is 5. The van der Waals surface area contributed by atoms with Gasteiger partial charge in [0.05, 0.1) is 18.8 Å². The van der Waals surface area contributed by atoms with E-state index in [1.165, 1.54) is 17.8 Å². The molecule has 4 heterocycles. The molecule has 0 unspecified atom stereocenters. The molecule has 0 amide bonds. The van der Waals surface area contributed by atoms with Crippen molar-refractivity contribution in [2.24, 2.45) is 5.10 Å². The van der Waals surface area contributed by atoms with Crippen LogP contribution in [-0.4, -0.2) is 60.0 Å². The van der Waals surface area contributed by atoms with Crippen LogP contribution in [0, 0.1) is 13.8 Å². The highest BCUT2D eigenvalue weighted by Gasteiger charge is 2.46. The minimum Gasteiger partial charge on any atom is -0.469 e. The Morgan fingerprint density at radius 3 is 2.73 bits per heavy atom. The molecule has 1 saturated heterocycles. The summed E-state index contributed by atoms with van der Waals surface area (Å²) in [5.74, 6) is 0.498. The molecular weight excluding hydrogens is 394 g/mol. The van der Waals surface area contributed by atoms with E-state index in [1.54, 1.807) is 12.5 Å². The lowest BCUT2D eigenvalue weighted by atomic mass is 10.1. The molecule has 0 saturated carbocycles. The number of aryl methyl sites for hydroxylation is 2. The summed E-state index contributed by atoms with van der Waals surface area (Å²) in [6.07, 6.45) is -0.379. The fraction of sp³-hybridized carbons (Fsp3) is 0.389. The number of hydrazone groups is 1. The van der Waals surface area contributed by atoms with E-state index in [0.717, 1.165) is 16.9 Å². The summed E-state index contributed by atoms with van der Waals surface area (Å²) < 4.78 is 12.3. The summed E-state index contributed by atoms with van der Waals surface area (Å²) in [5.41, 5.74) is 11.0. The van der Waals surface area contributed by atoms with Crippen molar-refractivity contribution in [2.45, 2.75) is 45.3 Å². The van der Waals surface area contributed by atoms with E-state index in [2.05, 4.69) is 25.5 Å². The third kappa shape index (κ3) is 3.30. The van der Waals surface area contributed by atoms with Crippen molar-refractivity contribution in [2.75, 3.05) is 11.2 Å². The first-order valence-electron chi connectivity index (χ1n) is 9.13. The van der Waals surface area contributed by atoms with Gasteiger partial charge in [-0.15, -0.1) is 0 Å². The summed E-state index contributed by atoms with van der Waals surface area (Å²) in [6, 6.07) is 0. The number of anilines is 2. The predicted octanol–water partition coefficient (Wildman–Crippen LogP) is 0.273. The number of nitrogens with one attached hydrogen (secondary N) is 1. The average Bonchev–Trinajstić information content (AvgIpc) is 3.34. The number of Topliss-reactive ketones (excluding diaryl/α,β-unsaturated/α-hetero) is 1. The third-order valence-electron chi connectivity index (χ3n) is 4.94. The number of carbonyl (C=O) groups excluding carboxylic acids is 1. The number of aromatic nitrogens is 4. The fourth-order valence-electron chi connectivity index (χ4n) is 3.33. The van der Waals surface area contributed by atoms with Crippen LogP contribution in [0.15, 0.2) is 22.1 Å². The van der Waals surface area contributed by atoms with Crippen molar-refractivity contribution in [1.82, 2.24) is 19.5 Å². The number of hydrogen-bond acceptors (Lipinski definition) is 11. The standard InChI is InChI=1S/C18H21N7O5/c1-7-5-29-9(3)10(7)4-21-24-18-22-15(19)11-16(23-18)25(6-20-11)17-13(28)12(27)14(30-17)8(2)26/h4-6,12-14,17,27-28H,1-3H3,(H3,19,22,23,24)/b21-4-/t12-,13+,14+,17+/m0/s1. The van der Waals surface area contributed by atoms with Crippen LogP contribution in [0.5, 0.6) is 0 Å². The first-order valence-corrected chi connectivity index (χ1v) is 9.13. The van der Waals surface area contributed by atoms with E-state index in [4.69, 9.17) is 14.9 Å². The molecule has 158 valence electrons. The van der Waals surface area contributed by atoms with Crippen molar-refractivity contribution >= 4 is 34.9 Å². The van der Waals surface area contributed by atoms with Gasteiger partial charge in [-0.3, -0.25) is 9.36 Å². The number of nitrogen functional groups attached to an aromatic ring is 1. The van der Waals surface area contributed by atoms with E-state index in [1.807, 2.05) is 13.8 Å². The van der Waals surface area contributed by atoms with Crippen molar-refractivity contribution in [3.05, 3.63) is 29.5 Å². The highest BCUT2D eigenvalue weighted by atomic mass is 16.6. The van der Waals surface area contributed by atoms with Crippen LogP contribution < -0.4 is 11.2 Å². The highest BCUT2D eigenvalue weighted by Crippen LogP contribution is 2.32. The van der Waals surface area contributed by atoms with Crippen LogP contribution in [-0.2, 0) is 9.53 Å². The summed E-state index contributed by atoms with van der Waals surface area (Å²) >= 11 is 0. The summed E-state index contributed by atoms with van der Waals surface area (Å²) in [6.45, 7) is 4.99. The second-order valence-corrected chi connectivity index (χ2v) is 7.05. The van der Waals surface area contributed by atoms with Gasteiger partial charge in [0.25, 0.3) is 0 Å². The Labute approximate surface area is 170 Å². The number of hydrogen-bond donors (Lipinski definition) is 4. The van der Waals surface area contributed by atoms with Gasteiger partial charge >= 0.3 is 0 Å². The van der Waals surface area contributed by atoms with Crippen LogP contribution in [0.1, 0.15) is 30.0 Å². The molecule has 3 aromatic rings. The molecule has 1 fully saturated rings. The smallest absolute Gasteiger partial charge is 0.247 e. The van der Waals surface area contributed by atoms with Crippen molar-refractivity contribution in [1.29, 1.82) is 0 Å². The molecule has 12 heteroatoms. The number of imidazole rings is 1. The third-order valence-corrected chi connectivity index (χ3v) is 4.94. The quantitative estimate of drug-likeness (QED) is 0.334. The number of aliphatic hydroxyl groups is 2. The number of fused-ring (bicyclic) bond motifs is 1. The largest absolute Gasteiger partial charge is 0.469 e. The molecule has 0 spiro atoms. The summed E-state index contributed by atoms with van der Waals surface area (Å²) in [7, 11) is 0. The second-order valence-electron chi connectivity index (χ2n) is 7.05. The topological polar surface area (TPSA) is 174 Å². The maximum absolute atomic E-state index is 11.7. The number of ether oxygens (including phenoxy) is 1. The van der Waals surface area contributed by atoms with Crippen LogP contribution in [0.4, 0.5) is 11.8 Å². The normalized spacial score (nSPS) is 24.2. The number of carbonyl (C=O) groups is 1. The molecular formula is C18H21N7O5. The lowest BCUT2D eigenvalue weighted by Gasteiger charge is -2.16. The molecule has 4 atom stereocenters. The number of nitrogens with two attached hydrogens (primary N) is 1. The fourth-order valence-corrected chi connectivity index (χ4v) is 3.33. The van der Waals surface area contributed by atoms with E-state index < -0.39 is 30.3 Å². The maximum Gasteiger partial charge on any atom is 0.247 e. The van der Waals surface area contributed by atoms with E-state index in [-0.39, 0.29) is 22.9 Å². The van der Waals surface area contributed by atoms with Gasteiger partial charge < -0.3 is 25.1 Å². The van der Waals surface area contributed by atoms with Crippen LogP contribution in [0.25, 0.3) is 11.2 Å². The lowest BCUT2D eigenvalue weighted by Crippen LogP contribution is -2.34. The Morgan fingerprint density at radius 1 is 1.33 bits per heavy atom. The number of furan rings is 1. The number of aliphatic hydroxyl groups excluding tert-OH is 2. The van der Waals surface area contributed by atoms with Crippen LogP contribution >= 0.6 is 0 Å². The van der Waals surface area contributed by atoms with Crippen molar-refractivity contribution in [3.8, 4) is 0 Å². The molecule has 0 radical (unpaired) electrons. The van der Waals surface area contributed by atoms with Gasteiger partial charge in [-0.1, -0.05) is 0 Å². The number of ketones is 1. The van der Waals surface area contributed by atoms with Gasteiger partial charge in [0, 0.05) is 5.56 Å². The Bertz CT molecular complexity index is 1120. The Hall–Kier alpha value is -3.35. The Morgan fingerprint density at radius 2 is 2.10 bits per heavy atom. The second kappa shape index (κ2) is 7.48. The Kier molecular flexibility index (Phi) is 4.97. The van der Waals surface area contributed by atoms with Crippen LogP contribution in [0.3, 0.4) is 0 Å². The van der Waals surface area contributed by atoms with Gasteiger partial charge in [-0.05, 0) is 26.3 Å². The first-order chi connectivity index (χ1) is 14.3. The highest BCUT2D eigenvalue weighted by molar-refractivity contribution is 5.85. The molecule has 0 aliphatic carbocycles. The van der Waals surface area contributed by atoms with Gasteiger partial charge in [0.1, 0.15) is 29.6 Å². The first kappa shape index (κ1) is 19.9. The average molecular weight is 415 g/mol. The summed E-state index contributed by atoms with van der Waals surface area (Å²) in [5, 5.41) is 24.6. The molecule has 12 nitrogen and oxygen atoms in total. The van der Waals surface area contributed by atoms with Gasteiger partial charge in [0.2, 0.25) is 5.95 Å². The molecule has 1 aliphatic rings.